The molecule has 0 radical (unpaired) electrons. The Balaban J connectivity index is 2.36. The second-order valence-electron chi connectivity index (χ2n) is 6.68. The molecule has 0 aliphatic rings. The van der Waals surface area contributed by atoms with E-state index < -0.39 is 22.0 Å². The van der Waals surface area contributed by atoms with E-state index in [2.05, 4.69) is 5.32 Å². The molecular weight excluding hydrogens is 392 g/mol. The Kier molecular flexibility index (Phi) is 7.64. The first-order valence-corrected chi connectivity index (χ1v) is 11.1. The summed E-state index contributed by atoms with van der Waals surface area (Å²) >= 11 is 0. The van der Waals surface area contributed by atoms with Crippen LogP contribution in [0.4, 0.5) is 0 Å². The Morgan fingerprint density at radius 1 is 1.03 bits per heavy atom. The van der Waals surface area contributed by atoms with Crippen molar-refractivity contribution in [1.29, 1.82) is 0 Å². The molecule has 0 unspecified atom stereocenters. The van der Waals surface area contributed by atoms with Crippen LogP contribution in [-0.4, -0.2) is 46.2 Å². The van der Waals surface area contributed by atoms with Gasteiger partial charge in [-0.2, -0.15) is 4.31 Å². The van der Waals surface area contributed by atoms with Crippen molar-refractivity contribution in [2.24, 2.45) is 0 Å². The van der Waals surface area contributed by atoms with Crippen molar-refractivity contribution in [2.45, 2.75) is 25.4 Å². The van der Waals surface area contributed by atoms with E-state index in [1.54, 1.807) is 44.6 Å². The van der Waals surface area contributed by atoms with E-state index in [-0.39, 0.29) is 6.04 Å². The molecular formula is C21H28N2O5S. The third-order valence-electron chi connectivity index (χ3n) is 4.79. The summed E-state index contributed by atoms with van der Waals surface area (Å²) in [6, 6.07) is 13.0. The minimum Gasteiger partial charge on any atom is -0.493 e. The fraction of sp³-hybridized carbons (Fsp3) is 0.381. The van der Waals surface area contributed by atoms with Crippen LogP contribution in [0.25, 0.3) is 0 Å². The number of nitrogens with one attached hydrogen (secondary N) is 1. The number of nitrogens with zero attached hydrogens (tertiary/aromatic N) is 1. The van der Waals surface area contributed by atoms with Crippen molar-refractivity contribution in [3.05, 3.63) is 59.7 Å². The molecule has 29 heavy (non-hydrogen) atoms. The SMILES string of the molecule is CC[C@@H](NC(=O)[C@@H](c1ccccc1)N(C)S(C)(=O)=O)c1ccc(OC)c(OC)c1. The highest BCUT2D eigenvalue weighted by molar-refractivity contribution is 7.88. The van der Waals surface area contributed by atoms with Crippen LogP contribution in [0.3, 0.4) is 0 Å². The van der Waals surface area contributed by atoms with Gasteiger partial charge in [0.15, 0.2) is 11.5 Å². The van der Waals surface area contributed by atoms with E-state index in [1.807, 2.05) is 25.1 Å². The number of ether oxygens (including phenoxy) is 2. The Hall–Kier alpha value is -2.58. The summed E-state index contributed by atoms with van der Waals surface area (Å²) in [6.07, 6.45) is 1.70. The van der Waals surface area contributed by atoms with Crippen molar-refractivity contribution < 1.29 is 22.7 Å². The van der Waals surface area contributed by atoms with Gasteiger partial charge in [-0.15, -0.1) is 0 Å². The third kappa shape index (κ3) is 5.48. The van der Waals surface area contributed by atoms with Crippen LogP contribution < -0.4 is 14.8 Å². The Labute approximate surface area is 172 Å². The first-order valence-electron chi connectivity index (χ1n) is 9.23. The molecule has 1 N–H and O–H groups in total. The van der Waals surface area contributed by atoms with Gasteiger partial charge in [0.25, 0.3) is 0 Å². The highest BCUT2D eigenvalue weighted by Gasteiger charge is 2.32. The molecule has 2 atom stereocenters. The van der Waals surface area contributed by atoms with Crippen LogP contribution >= 0.6 is 0 Å². The number of benzene rings is 2. The first kappa shape index (κ1) is 22.7. The molecule has 0 heterocycles. The quantitative estimate of drug-likeness (QED) is 0.674. The summed E-state index contributed by atoms with van der Waals surface area (Å²) in [4.78, 5) is 13.2. The number of rotatable bonds is 9. The Morgan fingerprint density at radius 3 is 2.17 bits per heavy atom. The van der Waals surface area contributed by atoms with Crippen LogP contribution in [-0.2, 0) is 14.8 Å². The fourth-order valence-electron chi connectivity index (χ4n) is 3.09. The lowest BCUT2D eigenvalue weighted by Gasteiger charge is -2.28. The van der Waals surface area contributed by atoms with Gasteiger partial charge in [-0.25, -0.2) is 8.42 Å². The number of carbonyl (C=O) groups is 1. The van der Waals surface area contributed by atoms with Gasteiger partial charge in [0.1, 0.15) is 6.04 Å². The van der Waals surface area contributed by atoms with Crippen molar-refractivity contribution in [1.82, 2.24) is 9.62 Å². The number of sulfonamides is 1. The van der Waals surface area contributed by atoms with Gasteiger partial charge in [-0.1, -0.05) is 43.3 Å². The van der Waals surface area contributed by atoms with Gasteiger partial charge >= 0.3 is 0 Å². The molecule has 0 fully saturated rings. The summed E-state index contributed by atoms with van der Waals surface area (Å²) in [6.45, 7) is 1.94. The zero-order valence-electron chi connectivity index (χ0n) is 17.4. The second-order valence-corrected chi connectivity index (χ2v) is 8.72. The van der Waals surface area contributed by atoms with E-state index in [4.69, 9.17) is 9.47 Å². The topological polar surface area (TPSA) is 84.9 Å². The Bertz CT molecular complexity index is 931. The van der Waals surface area contributed by atoms with Gasteiger partial charge in [0, 0.05) is 7.05 Å². The van der Waals surface area contributed by atoms with Crippen molar-refractivity contribution >= 4 is 15.9 Å². The van der Waals surface area contributed by atoms with Crippen molar-refractivity contribution in [3.63, 3.8) is 0 Å². The predicted octanol–water partition coefficient (Wildman–Crippen LogP) is 2.90. The van der Waals surface area contributed by atoms with Gasteiger partial charge in [0.2, 0.25) is 15.9 Å². The normalized spacial score (nSPS) is 13.6. The summed E-state index contributed by atoms with van der Waals surface area (Å²) < 4.78 is 36.0. The molecule has 0 aliphatic carbocycles. The second kappa shape index (κ2) is 9.76. The molecule has 2 aromatic carbocycles. The molecule has 8 heteroatoms. The van der Waals surface area contributed by atoms with Gasteiger partial charge < -0.3 is 14.8 Å². The highest BCUT2D eigenvalue weighted by Crippen LogP contribution is 2.31. The molecule has 0 aromatic heterocycles. The van der Waals surface area contributed by atoms with Gasteiger partial charge in [0.05, 0.1) is 26.5 Å². The van der Waals surface area contributed by atoms with Crippen molar-refractivity contribution in [2.75, 3.05) is 27.5 Å². The summed E-state index contributed by atoms with van der Waals surface area (Å²) in [5.74, 6) is 0.757. The van der Waals surface area contributed by atoms with Crippen molar-refractivity contribution in [3.8, 4) is 11.5 Å². The fourth-order valence-corrected chi connectivity index (χ4v) is 3.69. The largest absolute Gasteiger partial charge is 0.493 e. The van der Waals surface area contributed by atoms with E-state index >= 15 is 0 Å². The Morgan fingerprint density at radius 2 is 1.66 bits per heavy atom. The first-order chi connectivity index (χ1) is 13.7. The molecule has 7 nitrogen and oxygen atoms in total. The molecule has 158 valence electrons. The zero-order valence-corrected chi connectivity index (χ0v) is 18.2. The lowest BCUT2D eigenvalue weighted by atomic mass is 10.0. The lowest BCUT2D eigenvalue weighted by molar-refractivity contribution is -0.125. The summed E-state index contributed by atoms with van der Waals surface area (Å²) in [5.41, 5.74) is 1.44. The predicted molar refractivity (Wildman–Crippen MR) is 113 cm³/mol. The number of likely N-dealkylation sites (N-methyl/N-ethyl adjacent to an activating group) is 1. The van der Waals surface area contributed by atoms with Crippen LogP contribution in [0.1, 0.15) is 36.6 Å². The minimum absolute atomic E-state index is 0.318. The third-order valence-corrected chi connectivity index (χ3v) is 6.04. The number of hydrogen-bond acceptors (Lipinski definition) is 5. The number of amides is 1. The van der Waals surface area contributed by atoms with Gasteiger partial charge in [-0.3, -0.25) is 4.79 Å². The maximum atomic E-state index is 13.2. The van der Waals surface area contributed by atoms with E-state index in [1.165, 1.54) is 7.05 Å². The highest BCUT2D eigenvalue weighted by atomic mass is 32.2. The van der Waals surface area contributed by atoms with E-state index in [0.717, 1.165) is 16.1 Å². The molecule has 0 saturated carbocycles. The molecule has 1 amide bonds. The van der Waals surface area contributed by atoms with Crippen LogP contribution in [0.5, 0.6) is 11.5 Å². The van der Waals surface area contributed by atoms with E-state index in [9.17, 15) is 13.2 Å². The summed E-state index contributed by atoms with van der Waals surface area (Å²) in [5, 5.41) is 2.98. The molecule has 2 aromatic rings. The molecule has 0 saturated heterocycles. The number of hydrogen-bond donors (Lipinski definition) is 1. The summed E-state index contributed by atoms with van der Waals surface area (Å²) in [7, 11) is 0.928. The maximum Gasteiger partial charge on any atom is 0.243 e. The average molecular weight is 421 g/mol. The maximum absolute atomic E-state index is 13.2. The average Bonchev–Trinajstić information content (AvgIpc) is 2.71. The van der Waals surface area contributed by atoms with E-state index in [0.29, 0.717) is 23.5 Å². The smallest absolute Gasteiger partial charge is 0.243 e. The van der Waals surface area contributed by atoms with Crippen LogP contribution in [0.2, 0.25) is 0 Å². The monoisotopic (exact) mass is 420 g/mol. The molecule has 2 rings (SSSR count). The standard InChI is InChI=1S/C21H28N2O5S/c1-6-17(16-12-13-18(27-3)19(14-16)28-4)22-21(24)20(23(2)29(5,25)26)15-10-8-7-9-11-15/h7-14,17,20H,6H2,1-5H3,(H,22,24)/t17-,20-/m1/s1. The van der Waals surface area contributed by atoms with Crippen LogP contribution in [0.15, 0.2) is 48.5 Å². The molecule has 0 spiro atoms. The lowest BCUT2D eigenvalue weighted by Crippen LogP contribution is -2.42. The van der Waals surface area contributed by atoms with Gasteiger partial charge in [-0.05, 0) is 29.7 Å². The number of methoxy groups -OCH3 is 2. The van der Waals surface area contributed by atoms with Crippen LogP contribution in [0, 0.1) is 0 Å². The molecule has 0 bridgehead atoms. The number of carbonyl (C=O) groups excluding carboxylic acids is 1. The minimum atomic E-state index is -3.59. The zero-order chi connectivity index (χ0) is 21.6. The molecule has 0 aliphatic heterocycles.